The molecule has 0 fully saturated rings. The maximum atomic E-state index is 14.2. The molecule has 130 valence electrons. The van der Waals surface area contributed by atoms with Crippen LogP contribution in [0.25, 0.3) is 22.4 Å². The Hall–Kier alpha value is -3.15. The summed E-state index contributed by atoms with van der Waals surface area (Å²) in [6.07, 6.45) is 1.45. The van der Waals surface area contributed by atoms with Crippen LogP contribution in [0.2, 0.25) is 0 Å². The van der Waals surface area contributed by atoms with Crippen molar-refractivity contribution in [1.29, 1.82) is 5.26 Å². The number of benzene rings is 2. The molecule has 0 radical (unpaired) electrons. The molecule has 5 nitrogen and oxygen atoms in total. The number of hydrogen-bond acceptors (Lipinski definition) is 4. The monoisotopic (exact) mass is 371 g/mol. The first kappa shape index (κ1) is 17.7. The number of aromatic nitrogens is 1. The van der Waals surface area contributed by atoms with E-state index in [4.69, 9.17) is 10.4 Å². The molecular formula is C18H11F2N3O2S. The Morgan fingerprint density at radius 2 is 1.62 bits per heavy atom. The first-order chi connectivity index (χ1) is 12.3. The topological polar surface area (TPSA) is 96.8 Å². The van der Waals surface area contributed by atoms with Crippen LogP contribution in [0, 0.1) is 23.0 Å². The van der Waals surface area contributed by atoms with Gasteiger partial charge in [0.05, 0.1) is 17.3 Å². The molecular weight excluding hydrogens is 360 g/mol. The van der Waals surface area contributed by atoms with Crippen molar-refractivity contribution in [2.24, 2.45) is 5.14 Å². The van der Waals surface area contributed by atoms with Crippen LogP contribution in [0.5, 0.6) is 0 Å². The fourth-order valence-corrected chi connectivity index (χ4v) is 3.22. The number of rotatable bonds is 3. The number of sulfonamides is 1. The van der Waals surface area contributed by atoms with Gasteiger partial charge in [0.2, 0.25) is 10.0 Å². The zero-order chi connectivity index (χ0) is 18.9. The molecule has 3 aromatic rings. The first-order valence-electron chi connectivity index (χ1n) is 7.29. The van der Waals surface area contributed by atoms with Crippen LogP contribution in [-0.4, -0.2) is 13.4 Å². The molecule has 0 saturated carbocycles. The van der Waals surface area contributed by atoms with E-state index in [2.05, 4.69) is 4.98 Å². The van der Waals surface area contributed by atoms with Gasteiger partial charge in [-0.25, -0.2) is 22.3 Å². The van der Waals surface area contributed by atoms with Gasteiger partial charge >= 0.3 is 0 Å². The Balaban J connectivity index is 2.19. The van der Waals surface area contributed by atoms with Gasteiger partial charge in [-0.15, -0.1) is 0 Å². The minimum absolute atomic E-state index is 0.0624. The van der Waals surface area contributed by atoms with E-state index in [1.165, 1.54) is 6.20 Å². The summed E-state index contributed by atoms with van der Waals surface area (Å²) in [7, 11) is -4.53. The number of nitrogens with zero attached hydrogens (tertiary/aromatic N) is 2. The van der Waals surface area contributed by atoms with Gasteiger partial charge in [0.15, 0.2) is 4.90 Å². The zero-order valence-corrected chi connectivity index (χ0v) is 14.0. The van der Waals surface area contributed by atoms with E-state index in [-0.39, 0.29) is 11.3 Å². The quantitative estimate of drug-likeness (QED) is 0.764. The van der Waals surface area contributed by atoms with E-state index < -0.39 is 26.6 Å². The minimum Gasteiger partial charge on any atom is -0.256 e. The van der Waals surface area contributed by atoms with E-state index in [0.29, 0.717) is 16.7 Å². The van der Waals surface area contributed by atoms with Gasteiger partial charge in [0.25, 0.3) is 0 Å². The van der Waals surface area contributed by atoms with Crippen molar-refractivity contribution in [3.63, 3.8) is 0 Å². The number of nitriles is 1. The lowest BCUT2D eigenvalue weighted by Gasteiger charge is -2.11. The largest absolute Gasteiger partial charge is 0.256 e. The normalized spacial score (nSPS) is 11.2. The molecule has 26 heavy (non-hydrogen) atoms. The maximum absolute atomic E-state index is 14.2. The molecule has 0 saturated heterocycles. The van der Waals surface area contributed by atoms with Gasteiger partial charge in [-0.3, -0.25) is 4.98 Å². The minimum atomic E-state index is -4.53. The molecule has 0 amide bonds. The summed E-state index contributed by atoms with van der Waals surface area (Å²) in [5.74, 6) is -2.59. The molecule has 2 N–H and O–H groups in total. The number of halogens is 2. The number of primary sulfonamides is 1. The third kappa shape index (κ3) is 3.31. The zero-order valence-electron chi connectivity index (χ0n) is 13.1. The summed E-state index contributed by atoms with van der Waals surface area (Å²) in [6, 6.07) is 13.7. The number of hydrogen-bond donors (Lipinski definition) is 1. The lowest BCUT2D eigenvalue weighted by Crippen LogP contribution is -2.16. The summed E-state index contributed by atoms with van der Waals surface area (Å²) in [4.78, 5) is 2.98. The highest BCUT2D eigenvalue weighted by Gasteiger charge is 2.22. The molecule has 3 rings (SSSR count). The van der Waals surface area contributed by atoms with E-state index in [9.17, 15) is 17.2 Å². The second-order valence-corrected chi connectivity index (χ2v) is 6.90. The average molecular weight is 371 g/mol. The summed E-state index contributed by atoms with van der Waals surface area (Å²) >= 11 is 0. The smallest absolute Gasteiger partial charge is 0.243 e. The summed E-state index contributed by atoms with van der Waals surface area (Å²) in [5.41, 5.74) is 2.04. The highest BCUT2D eigenvalue weighted by atomic mass is 32.2. The van der Waals surface area contributed by atoms with Gasteiger partial charge in [0.1, 0.15) is 11.6 Å². The second-order valence-electron chi connectivity index (χ2n) is 5.40. The molecule has 1 heterocycles. The van der Waals surface area contributed by atoms with Crippen LogP contribution < -0.4 is 5.14 Å². The Morgan fingerprint density at radius 3 is 2.15 bits per heavy atom. The highest BCUT2D eigenvalue weighted by Crippen LogP contribution is 2.32. The van der Waals surface area contributed by atoms with Gasteiger partial charge < -0.3 is 0 Å². The average Bonchev–Trinajstić information content (AvgIpc) is 2.60. The summed E-state index contributed by atoms with van der Waals surface area (Å²) < 4.78 is 51.0. The predicted molar refractivity (Wildman–Crippen MR) is 91.1 cm³/mol. The molecule has 1 aromatic heterocycles. The van der Waals surface area contributed by atoms with Crippen LogP contribution in [0.1, 0.15) is 5.56 Å². The Kier molecular flexibility index (Phi) is 4.50. The van der Waals surface area contributed by atoms with Crippen molar-refractivity contribution >= 4 is 10.0 Å². The van der Waals surface area contributed by atoms with E-state index >= 15 is 0 Å². The molecule has 0 aliphatic carbocycles. The molecule has 0 aliphatic rings. The summed E-state index contributed by atoms with van der Waals surface area (Å²) in [6.45, 7) is 0. The molecule has 0 atom stereocenters. The van der Waals surface area contributed by atoms with Crippen LogP contribution in [0.3, 0.4) is 0 Å². The number of pyridine rings is 1. The lowest BCUT2D eigenvalue weighted by molar-refractivity contribution is 0.520. The maximum Gasteiger partial charge on any atom is 0.243 e. The van der Waals surface area contributed by atoms with Crippen LogP contribution in [0.15, 0.2) is 59.6 Å². The predicted octanol–water partition coefficient (Wildman–Crippen LogP) is 3.21. The lowest BCUT2D eigenvalue weighted by atomic mass is 9.98. The van der Waals surface area contributed by atoms with Crippen molar-refractivity contribution < 1.29 is 17.2 Å². The molecule has 0 unspecified atom stereocenters. The van der Waals surface area contributed by atoms with Crippen molar-refractivity contribution in [2.45, 2.75) is 4.90 Å². The van der Waals surface area contributed by atoms with Gasteiger partial charge in [-0.2, -0.15) is 5.26 Å². The van der Waals surface area contributed by atoms with Gasteiger partial charge in [-0.05, 0) is 35.9 Å². The highest BCUT2D eigenvalue weighted by molar-refractivity contribution is 7.89. The van der Waals surface area contributed by atoms with Crippen LogP contribution in [0.4, 0.5) is 8.78 Å². The van der Waals surface area contributed by atoms with E-state index in [1.54, 1.807) is 36.4 Å². The second kappa shape index (κ2) is 6.63. The molecule has 8 heteroatoms. The number of nitrogens with two attached hydrogens (primary N) is 1. The molecule has 2 aromatic carbocycles. The Labute approximate surface area is 148 Å². The Bertz CT molecular complexity index is 1110. The van der Waals surface area contributed by atoms with Crippen LogP contribution in [-0.2, 0) is 10.0 Å². The fraction of sp³-hybridized carbons (Fsp3) is 0. The molecule has 0 bridgehead atoms. The van der Waals surface area contributed by atoms with Gasteiger partial charge in [-0.1, -0.05) is 18.2 Å². The van der Waals surface area contributed by atoms with Crippen molar-refractivity contribution in [1.82, 2.24) is 4.98 Å². The molecule has 0 aliphatic heterocycles. The van der Waals surface area contributed by atoms with Crippen molar-refractivity contribution in [2.75, 3.05) is 0 Å². The van der Waals surface area contributed by atoms with E-state index in [1.807, 2.05) is 6.07 Å². The van der Waals surface area contributed by atoms with Crippen molar-refractivity contribution in [3.05, 3.63) is 71.9 Å². The SMILES string of the molecule is N#Cc1ccc(-c2cccnc2-c2cc(F)c(S(N)(=O)=O)c(F)c2)cc1. The third-order valence-electron chi connectivity index (χ3n) is 3.69. The Morgan fingerprint density at radius 1 is 1.00 bits per heavy atom. The fourth-order valence-electron chi connectivity index (χ4n) is 2.56. The van der Waals surface area contributed by atoms with Crippen molar-refractivity contribution in [3.8, 4) is 28.5 Å². The summed E-state index contributed by atoms with van der Waals surface area (Å²) in [5, 5.41) is 13.7. The molecule has 0 spiro atoms. The van der Waals surface area contributed by atoms with Gasteiger partial charge in [0, 0.05) is 17.3 Å². The standard InChI is InChI=1S/C18H11F2N3O2S/c19-15-8-13(9-16(20)18(15)26(22,24)25)17-14(2-1-7-23-17)12-5-3-11(10-21)4-6-12/h1-9H,(H2,22,24,25). The first-order valence-corrected chi connectivity index (χ1v) is 8.83. The van der Waals surface area contributed by atoms with E-state index in [0.717, 1.165) is 12.1 Å². The van der Waals surface area contributed by atoms with Crippen LogP contribution >= 0.6 is 0 Å². The third-order valence-corrected chi connectivity index (χ3v) is 4.65.